The molecule has 0 radical (unpaired) electrons. The van der Waals surface area contributed by atoms with Gasteiger partial charge in [-0.2, -0.15) is 0 Å². The van der Waals surface area contributed by atoms with Gasteiger partial charge in [-0.3, -0.25) is 14.5 Å². The highest BCUT2D eigenvalue weighted by molar-refractivity contribution is 6.07. The van der Waals surface area contributed by atoms with Crippen molar-refractivity contribution < 1.29 is 24.2 Å². The fourth-order valence-corrected chi connectivity index (χ4v) is 2.95. The molecule has 7 heteroatoms. The third-order valence-corrected chi connectivity index (χ3v) is 4.50. The van der Waals surface area contributed by atoms with E-state index in [1.807, 2.05) is 32.0 Å². The van der Waals surface area contributed by atoms with Crippen molar-refractivity contribution in [3.8, 4) is 5.75 Å². The average Bonchev–Trinajstić information content (AvgIpc) is 2.63. The number of carbonyl (C=O) groups is 3. The Bertz CT molecular complexity index is 938. The molecule has 1 aliphatic heterocycles. The number of rotatable bonds is 4. The molecule has 2 aromatic rings. The first-order valence-corrected chi connectivity index (χ1v) is 8.48. The summed E-state index contributed by atoms with van der Waals surface area (Å²) < 4.78 is 5.37. The van der Waals surface area contributed by atoms with Gasteiger partial charge in [0.15, 0.2) is 6.61 Å². The molecule has 0 aliphatic carbocycles. The third-order valence-electron chi connectivity index (χ3n) is 4.50. The lowest BCUT2D eigenvalue weighted by molar-refractivity contribution is -0.125. The third kappa shape index (κ3) is 3.62. The van der Waals surface area contributed by atoms with Gasteiger partial charge in [0.2, 0.25) is 5.91 Å². The molecule has 0 spiro atoms. The molecule has 0 saturated carbocycles. The normalized spacial score (nSPS) is 14.2. The van der Waals surface area contributed by atoms with Crippen molar-refractivity contribution in [3.63, 3.8) is 0 Å². The van der Waals surface area contributed by atoms with Gasteiger partial charge in [0.05, 0.1) is 11.3 Å². The summed E-state index contributed by atoms with van der Waals surface area (Å²) in [5.41, 5.74) is 2.87. The van der Waals surface area contributed by atoms with Gasteiger partial charge in [-0.15, -0.1) is 0 Å². The summed E-state index contributed by atoms with van der Waals surface area (Å²) in [5, 5.41) is 12.1. The quantitative estimate of drug-likeness (QED) is 0.865. The zero-order valence-electron chi connectivity index (χ0n) is 15.3. The van der Waals surface area contributed by atoms with Crippen LogP contribution in [0.1, 0.15) is 28.4 Å². The summed E-state index contributed by atoms with van der Waals surface area (Å²) in [6.45, 7) is 5.20. The Morgan fingerprint density at radius 1 is 1.19 bits per heavy atom. The summed E-state index contributed by atoms with van der Waals surface area (Å²) in [4.78, 5) is 37.8. The van der Waals surface area contributed by atoms with E-state index in [0.29, 0.717) is 11.4 Å². The summed E-state index contributed by atoms with van der Waals surface area (Å²) >= 11 is 0. The Labute approximate surface area is 156 Å². The van der Waals surface area contributed by atoms with E-state index < -0.39 is 17.9 Å². The molecule has 3 rings (SSSR count). The first-order valence-electron chi connectivity index (χ1n) is 8.48. The minimum Gasteiger partial charge on any atom is -0.482 e. The summed E-state index contributed by atoms with van der Waals surface area (Å²) in [6.07, 6.45) is 0. The Morgan fingerprint density at radius 2 is 1.93 bits per heavy atom. The van der Waals surface area contributed by atoms with E-state index in [1.165, 1.54) is 23.1 Å². The van der Waals surface area contributed by atoms with Crippen molar-refractivity contribution in [1.29, 1.82) is 0 Å². The Kier molecular flexibility index (Phi) is 4.85. The topological polar surface area (TPSA) is 95.9 Å². The van der Waals surface area contributed by atoms with E-state index >= 15 is 0 Å². The number of fused-ring (bicyclic) bond motifs is 1. The molecule has 0 bridgehead atoms. The molecule has 0 aromatic heterocycles. The molecule has 1 heterocycles. The minimum absolute atomic E-state index is 0.0131. The highest BCUT2D eigenvalue weighted by Crippen LogP contribution is 2.34. The fourth-order valence-electron chi connectivity index (χ4n) is 2.95. The zero-order valence-corrected chi connectivity index (χ0v) is 15.3. The maximum atomic E-state index is 12.8. The van der Waals surface area contributed by atoms with Crippen LogP contribution in [-0.4, -0.2) is 35.5 Å². The van der Waals surface area contributed by atoms with Gasteiger partial charge in [0, 0.05) is 5.69 Å². The van der Waals surface area contributed by atoms with Crippen LogP contribution >= 0.6 is 0 Å². The van der Waals surface area contributed by atoms with Crippen LogP contribution in [0, 0.1) is 13.8 Å². The first kappa shape index (κ1) is 18.4. The van der Waals surface area contributed by atoms with Crippen LogP contribution < -0.4 is 15.0 Å². The van der Waals surface area contributed by atoms with Crippen LogP contribution in [0.3, 0.4) is 0 Å². The van der Waals surface area contributed by atoms with E-state index in [0.717, 1.165) is 11.1 Å². The number of aromatic carboxylic acids is 1. The lowest BCUT2D eigenvalue weighted by Crippen LogP contribution is -2.49. The molecule has 7 nitrogen and oxygen atoms in total. The van der Waals surface area contributed by atoms with Gasteiger partial charge in [-0.1, -0.05) is 12.1 Å². The van der Waals surface area contributed by atoms with E-state index in [9.17, 15) is 19.5 Å². The van der Waals surface area contributed by atoms with Crippen molar-refractivity contribution >= 4 is 29.2 Å². The number of benzene rings is 2. The van der Waals surface area contributed by atoms with Gasteiger partial charge in [-0.05, 0) is 56.2 Å². The molecule has 2 N–H and O–H groups in total. The Hall–Kier alpha value is -3.35. The number of aryl methyl sites for hydroxylation is 2. The predicted octanol–water partition coefficient (Wildman–Crippen LogP) is 2.75. The van der Waals surface area contributed by atoms with Crippen molar-refractivity contribution in [2.24, 2.45) is 0 Å². The highest BCUT2D eigenvalue weighted by atomic mass is 16.5. The maximum absolute atomic E-state index is 12.8. The summed E-state index contributed by atoms with van der Waals surface area (Å²) in [6, 6.07) is 9.11. The van der Waals surface area contributed by atoms with Crippen molar-refractivity contribution in [2.45, 2.75) is 26.8 Å². The van der Waals surface area contributed by atoms with Crippen LogP contribution in [-0.2, 0) is 9.59 Å². The fraction of sp³-hybridized carbons (Fsp3) is 0.250. The molecular weight excluding hydrogens is 348 g/mol. The number of ether oxygens (including phenoxy) is 1. The molecule has 1 atom stereocenters. The lowest BCUT2D eigenvalue weighted by Gasteiger charge is -2.33. The molecule has 0 fully saturated rings. The smallest absolute Gasteiger partial charge is 0.335 e. The van der Waals surface area contributed by atoms with Crippen molar-refractivity contribution in [1.82, 2.24) is 0 Å². The number of nitrogens with zero attached hydrogens (tertiary/aromatic N) is 1. The van der Waals surface area contributed by atoms with Crippen LogP contribution in [0.5, 0.6) is 5.75 Å². The van der Waals surface area contributed by atoms with E-state index in [1.54, 1.807) is 6.92 Å². The molecule has 1 aliphatic rings. The first-order chi connectivity index (χ1) is 12.8. The number of carbonyl (C=O) groups excluding carboxylic acids is 2. The molecule has 2 aromatic carbocycles. The highest BCUT2D eigenvalue weighted by Gasteiger charge is 2.33. The number of hydrogen-bond donors (Lipinski definition) is 2. The molecule has 2 amide bonds. The SMILES string of the molecule is Cc1ccc(C)c(NC(=O)C(C)N2C(=O)COc3ccc(C(=O)O)cc32)c1. The van der Waals surface area contributed by atoms with E-state index in [2.05, 4.69) is 5.32 Å². The molecule has 27 heavy (non-hydrogen) atoms. The second-order valence-corrected chi connectivity index (χ2v) is 6.52. The summed E-state index contributed by atoms with van der Waals surface area (Å²) in [5.74, 6) is -1.53. The molecule has 140 valence electrons. The number of carboxylic acid groups (broad SMARTS) is 1. The Balaban J connectivity index is 1.92. The molecular formula is C20H20N2O5. The average molecular weight is 368 g/mol. The van der Waals surface area contributed by atoms with E-state index in [-0.39, 0.29) is 23.8 Å². The number of anilines is 2. The van der Waals surface area contributed by atoms with Gasteiger partial charge >= 0.3 is 5.97 Å². The minimum atomic E-state index is -1.12. The van der Waals surface area contributed by atoms with Gasteiger partial charge in [0.1, 0.15) is 11.8 Å². The maximum Gasteiger partial charge on any atom is 0.335 e. The second-order valence-electron chi connectivity index (χ2n) is 6.52. The predicted molar refractivity (Wildman–Crippen MR) is 100 cm³/mol. The van der Waals surface area contributed by atoms with Gasteiger partial charge in [-0.25, -0.2) is 4.79 Å². The van der Waals surface area contributed by atoms with Gasteiger partial charge < -0.3 is 15.2 Å². The van der Waals surface area contributed by atoms with E-state index in [4.69, 9.17) is 4.74 Å². The number of nitrogens with one attached hydrogen (secondary N) is 1. The standard InChI is InChI=1S/C20H20N2O5/c1-11-4-5-12(2)15(8-11)21-19(24)13(3)22-16-9-14(20(25)26)6-7-17(16)27-10-18(22)23/h4-9,13H,10H2,1-3H3,(H,21,24)(H,25,26). The Morgan fingerprint density at radius 3 is 2.63 bits per heavy atom. The van der Waals surface area contributed by atoms with Crippen LogP contribution in [0.2, 0.25) is 0 Å². The second kappa shape index (κ2) is 7.11. The molecule has 1 unspecified atom stereocenters. The van der Waals surface area contributed by atoms with Crippen molar-refractivity contribution in [2.75, 3.05) is 16.8 Å². The van der Waals surface area contributed by atoms with Crippen LogP contribution in [0.25, 0.3) is 0 Å². The summed E-state index contributed by atoms with van der Waals surface area (Å²) in [7, 11) is 0. The van der Waals surface area contributed by atoms with Crippen LogP contribution in [0.4, 0.5) is 11.4 Å². The molecule has 0 saturated heterocycles. The number of amides is 2. The van der Waals surface area contributed by atoms with Gasteiger partial charge in [0.25, 0.3) is 5.91 Å². The van der Waals surface area contributed by atoms with Crippen molar-refractivity contribution in [3.05, 3.63) is 53.1 Å². The number of carboxylic acids is 1. The largest absolute Gasteiger partial charge is 0.482 e. The van der Waals surface area contributed by atoms with Crippen LogP contribution in [0.15, 0.2) is 36.4 Å². The monoisotopic (exact) mass is 368 g/mol. The number of hydrogen-bond acceptors (Lipinski definition) is 4. The lowest BCUT2D eigenvalue weighted by atomic mass is 10.1. The zero-order chi connectivity index (χ0) is 19.7.